The number of rotatable bonds is 5. The summed E-state index contributed by atoms with van der Waals surface area (Å²) in [5.41, 5.74) is 2.15. The van der Waals surface area contributed by atoms with Crippen molar-refractivity contribution in [1.29, 1.82) is 0 Å². The maximum Gasteiger partial charge on any atom is 0.251 e. The highest BCUT2D eigenvalue weighted by Crippen LogP contribution is 2.15. The molecule has 0 saturated heterocycles. The number of hydrogen-bond donors (Lipinski definition) is 2. The van der Waals surface area contributed by atoms with E-state index in [4.69, 9.17) is 0 Å². The molecule has 0 aliphatic carbocycles. The zero-order valence-corrected chi connectivity index (χ0v) is 13.8. The summed E-state index contributed by atoms with van der Waals surface area (Å²) >= 11 is 3.09. The standard InChI is InChI=1S/C17H17BrN2O2/c1-12(13-6-3-2-4-7-13)19-17(22)14-8-5-9-15(10-14)20-16(21)11-18/h2-10,12H,11H2,1H3,(H,19,22)(H,20,21)/t12-/m1/s1. The first-order valence-electron chi connectivity index (χ1n) is 6.92. The van der Waals surface area contributed by atoms with Crippen molar-refractivity contribution in [2.24, 2.45) is 0 Å². The minimum absolute atomic E-state index is 0.0884. The van der Waals surface area contributed by atoms with E-state index in [1.54, 1.807) is 24.3 Å². The Hall–Kier alpha value is -2.14. The predicted molar refractivity (Wildman–Crippen MR) is 91.2 cm³/mol. The highest BCUT2D eigenvalue weighted by Gasteiger charge is 2.12. The van der Waals surface area contributed by atoms with Gasteiger partial charge in [0.05, 0.1) is 11.4 Å². The third kappa shape index (κ3) is 4.43. The van der Waals surface area contributed by atoms with Gasteiger partial charge in [0.15, 0.2) is 0 Å². The van der Waals surface area contributed by atoms with Gasteiger partial charge in [0.2, 0.25) is 5.91 Å². The molecule has 0 heterocycles. The zero-order chi connectivity index (χ0) is 15.9. The molecule has 0 unspecified atom stereocenters. The van der Waals surface area contributed by atoms with Crippen LogP contribution in [0.4, 0.5) is 5.69 Å². The van der Waals surface area contributed by atoms with Crippen LogP contribution in [0.15, 0.2) is 54.6 Å². The molecule has 5 heteroatoms. The molecule has 0 radical (unpaired) electrons. The van der Waals surface area contributed by atoms with Crippen molar-refractivity contribution in [1.82, 2.24) is 5.32 Å². The molecule has 2 aromatic rings. The lowest BCUT2D eigenvalue weighted by atomic mass is 10.1. The number of halogens is 1. The zero-order valence-electron chi connectivity index (χ0n) is 12.2. The molecular formula is C17H17BrN2O2. The molecule has 0 aromatic heterocycles. The summed E-state index contributed by atoms with van der Waals surface area (Å²) in [6.07, 6.45) is 0. The number of amides is 2. The molecule has 2 rings (SSSR count). The average Bonchev–Trinajstić information content (AvgIpc) is 2.55. The normalized spacial score (nSPS) is 11.5. The maximum absolute atomic E-state index is 12.3. The first kappa shape index (κ1) is 16.2. The van der Waals surface area contributed by atoms with E-state index in [0.717, 1.165) is 5.56 Å². The molecule has 1 atom stereocenters. The molecule has 0 fully saturated rings. The van der Waals surface area contributed by atoms with Gasteiger partial charge in [0.25, 0.3) is 5.91 Å². The topological polar surface area (TPSA) is 58.2 Å². The Bertz CT molecular complexity index is 659. The van der Waals surface area contributed by atoms with Crippen LogP contribution in [0, 0.1) is 0 Å². The molecule has 0 spiro atoms. The van der Waals surface area contributed by atoms with Crippen molar-refractivity contribution < 1.29 is 9.59 Å². The number of alkyl halides is 1. The van der Waals surface area contributed by atoms with Crippen LogP contribution in [0.1, 0.15) is 28.9 Å². The Balaban J connectivity index is 2.06. The Morgan fingerprint density at radius 1 is 1.09 bits per heavy atom. The van der Waals surface area contributed by atoms with E-state index in [1.165, 1.54) is 0 Å². The van der Waals surface area contributed by atoms with Crippen LogP contribution in [-0.4, -0.2) is 17.1 Å². The van der Waals surface area contributed by atoms with Crippen LogP contribution in [0.5, 0.6) is 0 Å². The van der Waals surface area contributed by atoms with E-state index in [2.05, 4.69) is 26.6 Å². The number of carbonyl (C=O) groups excluding carboxylic acids is 2. The molecule has 4 nitrogen and oxygen atoms in total. The molecule has 0 bridgehead atoms. The van der Waals surface area contributed by atoms with Gasteiger partial charge < -0.3 is 10.6 Å². The number of benzene rings is 2. The lowest BCUT2D eigenvalue weighted by Gasteiger charge is -2.14. The van der Waals surface area contributed by atoms with Gasteiger partial charge in [-0.2, -0.15) is 0 Å². The Morgan fingerprint density at radius 3 is 2.50 bits per heavy atom. The van der Waals surface area contributed by atoms with E-state index in [9.17, 15) is 9.59 Å². The summed E-state index contributed by atoms with van der Waals surface area (Å²) < 4.78 is 0. The molecule has 0 aliphatic rings. The van der Waals surface area contributed by atoms with Gasteiger partial charge in [-0.3, -0.25) is 9.59 Å². The Kier molecular flexibility index (Phi) is 5.72. The van der Waals surface area contributed by atoms with Crippen molar-refractivity contribution in [3.8, 4) is 0 Å². The average molecular weight is 361 g/mol. The fourth-order valence-electron chi connectivity index (χ4n) is 2.04. The number of nitrogens with one attached hydrogen (secondary N) is 2. The van der Waals surface area contributed by atoms with E-state index < -0.39 is 0 Å². The van der Waals surface area contributed by atoms with Gasteiger partial charge >= 0.3 is 0 Å². The van der Waals surface area contributed by atoms with Crippen molar-refractivity contribution in [3.05, 3.63) is 65.7 Å². The molecule has 0 aliphatic heterocycles. The SMILES string of the molecule is C[C@@H](NC(=O)c1cccc(NC(=O)CBr)c1)c1ccccc1. The van der Waals surface area contributed by atoms with E-state index in [0.29, 0.717) is 11.3 Å². The van der Waals surface area contributed by atoms with Gasteiger partial charge in [-0.15, -0.1) is 0 Å². The van der Waals surface area contributed by atoms with Crippen molar-refractivity contribution >= 4 is 33.4 Å². The molecule has 2 amide bonds. The smallest absolute Gasteiger partial charge is 0.251 e. The summed E-state index contributed by atoms with van der Waals surface area (Å²) in [6.45, 7) is 1.93. The third-order valence-corrected chi connectivity index (χ3v) is 3.69. The molecule has 2 aromatic carbocycles. The number of carbonyl (C=O) groups is 2. The maximum atomic E-state index is 12.3. The van der Waals surface area contributed by atoms with Crippen LogP contribution >= 0.6 is 15.9 Å². The first-order valence-corrected chi connectivity index (χ1v) is 8.04. The summed E-state index contributed by atoms with van der Waals surface area (Å²) in [5, 5.41) is 5.87. The van der Waals surface area contributed by atoms with Crippen LogP contribution in [-0.2, 0) is 4.79 Å². The Labute approximate surface area is 138 Å². The minimum Gasteiger partial charge on any atom is -0.346 e. The summed E-state index contributed by atoms with van der Waals surface area (Å²) in [5.74, 6) is -0.332. The summed E-state index contributed by atoms with van der Waals surface area (Å²) in [7, 11) is 0. The van der Waals surface area contributed by atoms with Crippen LogP contribution in [0.25, 0.3) is 0 Å². The minimum atomic E-state index is -0.175. The number of hydrogen-bond acceptors (Lipinski definition) is 2. The van der Waals surface area contributed by atoms with Gasteiger partial charge in [-0.05, 0) is 30.7 Å². The summed E-state index contributed by atoms with van der Waals surface area (Å²) in [6, 6.07) is 16.5. The third-order valence-electron chi connectivity index (χ3n) is 3.18. The van der Waals surface area contributed by atoms with Crippen LogP contribution < -0.4 is 10.6 Å². The first-order chi connectivity index (χ1) is 10.6. The second-order valence-electron chi connectivity index (χ2n) is 4.87. The van der Waals surface area contributed by atoms with Gasteiger partial charge in [-0.25, -0.2) is 0 Å². The second-order valence-corrected chi connectivity index (χ2v) is 5.43. The lowest BCUT2D eigenvalue weighted by Crippen LogP contribution is -2.26. The van der Waals surface area contributed by atoms with Crippen LogP contribution in [0.3, 0.4) is 0 Å². The van der Waals surface area contributed by atoms with Crippen molar-refractivity contribution in [2.75, 3.05) is 10.6 Å². The fraction of sp³-hybridized carbons (Fsp3) is 0.176. The van der Waals surface area contributed by atoms with Crippen molar-refractivity contribution in [2.45, 2.75) is 13.0 Å². The lowest BCUT2D eigenvalue weighted by molar-refractivity contribution is -0.113. The molecule has 2 N–H and O–H groups in total. The van der Waals surface area contributed by atoms with Crippen molar-refractivity contribution in [3.63, 3.8) is 0 Å². The van der Waals surface area contributed by atoms with Crippen LogP contribution in [0.2, 0.25) is 0 Å². The molecular weight excluding hydrogens is 344 g/mol. The predicted octanol–water partition coefficient (Wildman–Crippen LogP) is 3.51. The quantitative estimate of drug-likeness (QED) is 0.801. The van der Waals surface area contributed by atoms with E-state index >= 15 is 0 Å². The van der Waals surface area contributed by atoms with E-state index in [-0.39, 0.29) is 23.2 Å². The van der Waals surface area contributed by atoms with E-state index in [1.807, 2.05) is 37.3 Å². The second kappa shape index (κ2) is 7.75. The van der Waals surface area contributed by atoms with Gasteiger partial charge in [0.1, 0.15) is 0 Å². The summed E-state index contributed by atoms with van der Waals surface area (Å²) in [4.78, 5) is 23.7. The number of anilines is 1. The highest BCUT2D eigenvalue weighted by molar-refractivity contribution is 9.09. The molecule has 22 heavy (non-hydrogen) atoms. The highest BCUT2D eigenvalue weighted by atomic mass is 79.9. The molecule has 114 valence electrons. The fourth-order valence-corrected chi connectivity index (χ4v) is 2.18. The van der Waals surface area contributed by atoms with Gasteiger partial charge in [0, 0.05) is 11.3 Å². The molecule has 0 saturated carbocycles. The largest absolute Gasteiger partial charge is 0.346 e. The monoisotopic (exact) mass is 360 g/mol. The van der Waals surface area contributed by atoms with Gasteiger partial charge in [-0.1, -0.05) is 52.3 Å². The Morgan fingerprint density at radius 2 is 1.82 bits per heavy atom.